The normalized spacial score (nSPS) is 11.0. The second-order valence-corrected chi connectivity index (χ2v) is 7.61. The lowest BCUT2D eigenvalue weighted by Crippen LogP contribution is -2.23. The Balaban J connectivity index is 1.50. The van der Waals surface area contributed by atoms with Gasteiger partial charge >= 0.3 is 0 Å². The number of aryl methyl sites for hydroxylation is 1. The molecule has 2 aromatic carbocycles. The first kappa shape index (κ1) is 20.4. The molecule has 8 heteroatoms. The maximum absolute atomic E-state index is 13.1. The number of hydrogen-bond acceptors (Lipinski definition) is 5. The summed E-state index contributed by atoms with van der Waals surface area (Å²) in [6.07, 6.45) is 6.81. The molecule has 5 rings (SSSR count). The number of fused-ring (bicyclic) bond motifs is 1. The summed E-state index contributed by atoms with van der Waals surface area (Å²) in [6, 6.07) is 17.5. The topological polar surface area (TPSA) is 86.3 Å². The molecule has 0 radical (unpaired) electrons. The van der Waals surface area contributed by atoms with Gasteiger partial charge < -0.3 is 10.1 Å². The molecule has 1 amide bonds. The molecule has 8 nitrogen and oxygen atoms in total. The number of amides is 1. The largest absolute Gasteiger partial charge is 0.497 e. The number of nitrogens with one attached hydrogen (secondary N) is 1. The third kappa shape index (κ3) is 3.94. The quantitative estimate of drug-likeness (QED) is 0.435. The number of imidazole rings is 1. The number of nitrogens with zero attached hydrogens (tertiary/aromatic N) is 5. The van der Waals surface area contributed by atoms with Crippen molar-refractivity contribution in [2.24, 2.45) is 0 Å². The summed E-state index contributed by atoms with van der Waals surface area (Å²) in [6.45, 7) is 2.45. The van der Waals surface area contributed by atoms with Gasteiger partial charge in [-0.3, -0.25) is 14.2 Å². The number of rotatable bonds is 6. The number of benzene rings is 2. The molecule has 164 valence electrons. The molecule has 0 atom stereocenters. The van der Waals surface area contributed by atoms with E-state index < -0.39 is 0 Å². The molecule has 0 bridgehead atoms. The Kier molecular flexibility index (Phi) is 5.32. The molecule has 0 unspecified atom stereocenters. The van der Waals surface area contributed by atoms with Crippen molar-refractivity contribution in [2.75, 3.05) is 7.11 Å². The summed E-state index contributed by atoms with van der Waals surface area (Å²) >= 11 is 0. The lowest BCUT2D eigenvalue weighted by molar-refractivity contribution is 0.0948. The van der Waals surface area contributed by atoms with Crippen LogP contribution in [0.2, 0.25) is 0 Å². The number of hydrogen-bond donors (Lipinski definition) is 1. The van der Waals surface area contributed by atoms with E-state index in [9.17, 15) is 4.79 Å². The highest BCUT2D eigenvalue weighted by molar-refractivity contribution is 5.99. The van der Waals surface area contributed by atoms with Gasteiger partial charge in [0.15, 0.2) is 11.5 Å². The van der Waals surface area contributed by atoms with E-state index in [4.69, 9.17) is 9.72 Å². The van der Waals surface area contributed by atoms with Crippen LogP contribution < -0.4 is 10.1 Å². The molecular weight excluding hydrogens is 416 g/mol. The van der Waals surface area contributed by atoms with Gasteiger partial charge in [0, 0.05) is 18.9 Å². The molecule has 0 aliphatic heterocycles. The maximum atomic E-state index is 13.1. The van der Waals surface area contributed by atoms with Gasteiger partial charge in [0.25, 0.3) is 5.91 Å². The maximum Gasteiger partial charge on any atom is 0.272 e. The van der Waals surface area contributed by atoms with Gasteiger partial charge in [0.1, 0.15) is 11.4 Å². The summed E-state index contributed by atoms with van der Waals surface area (Å²) in [5, 5.41) is 7.43. The molecule has 0 saturated heterocycles. The molecule has 5 aromatic rings. The number of carbonyl (C=O) groups is 1. The summed E-state index contributed by atoms with van der Waals surface area (Å²) in [5.41, 5.74) is 4.73. The zero-order valence-electron chi connectivity index (χ0n) is 18.3. The Morgan fingerprint density at radius 3 is 2.58 bits per heavy atom. The lowest BCUT2D eigenvalue weighted by atomic mass is 10.1. The van der Waals surface area contributed by atoms with Gasteiger partial charge in [-0.05, 0) is 42.8 Å². The van der Waals surface area contributed by atoms with Crippen molar-refractivity contribution in [1.29, 1.82) is 0 Å². The van der Waals surface area contributed by atoms with Crippen LogP contribution in [0.25, 0.3) is 22.7 Å². The number of carbonyl (C=O) groups excluding carboxylic acids is 1. The van der Waals surface area contributed by atoms with Crippen LogP contribution in [0.3, 0.4) is 0 Å². The van der Waals surface area contributed by atoms with Gasteiger partial charge in [0.2, 0.25) is 0 Å². The van der Waals surface area contributed by atoms with Crippen LogP contribution >= 0.6 is 0 Å². The Morgan fingerprint density at radius 1 is 1.03 bits per heavy atom. The summed E-state index contributed by atoms with van der Waals surface area (Å²) in [5.74, 6) is 1.10. The second-order valence-electron chi connectivity index (χ2n) is 7.61. The minimum absolute atomic E-state index is 0.261. The van der Waals surface area contributed by atoms with Crippen LogP contribution in [0.5, 0.6) is 5.75 Å². The smallest absolute Gasteiger partial charge is 0.272 e. The Morgan fingerprint density at radius 2 is 1.82 bits per heavy atom. The monoisotopic (exact) mass is 438 g/mol. The fraction of sp³-hybridized carbons (Fsp3) is 0.120. The predicted octanol–water partition coefficient (Wildman–Crippen LogP) is 3.83. The van der Waals surface area contributed by atoms with E-state index in [2.05, 4.69) is 15.4 Å². The Labute approximate surface area is 190 Å². The van der Waals surface area contributed by atoms with Crippen LogP contribution in [-0.2, 0) is 6.54 Å². The van der Waals surface area contributed by atoms with E-state index >= 15 is 0 Å². The summed E-state index contributed by atoms with van der Waals surface area (Å²) < 4.78 is 8.88. The third-order valence-corrected chi connectivity index (χ3v) is 5.42. The third-order valence-electron chi connectivity index (χ3n) is 5.42. The average Bonchev–Trinajstić information content (AvgIpc) is 3.48. The molecule has 3 heterocycles. The minimum Gasteiger partial charge on any atom is -0.497 e. The molecular formula is C25H22N6O2. The fourth-order valence-electron chi connectivity index (χ4n) is 3.66. The van der Waals surface area contributed by atoms with Gasteiger partial charge in [-0.25, -0.2) is 9.67 Å². The van der Waals surface area contributed by atoms with Gasteiger partial charge in [-0.15, -0.1) is 0 Å². The highest BCUT2D eigenvalue weighted by atomic mass is 16.5. The van der Waals surface area contributed by atoms with E-state index in [1.165, 1.54) is 5.56 Å². The second kappa shape index (κ2) is 8.58. The van der Waals surface area contributed by atoms with E-state index in [1.54, 1.807) is 36.6 Å². The first-order valence-corrected chi connectivity index (χ1v) is 10.5. The molecule has 33 heavy (non-hydrogen) atoms. The van der Waals surface area contributed by atoms with Crippen molar-refractivity contribution < 1.29 is 9.53 Å². The highest BCUT2D eigenvalue weighted by Crippen LogP contribution is 2.25. The molecule has 0 aliphatic carbocycles. The van der Waals surface area contributed by atoms with Crippen molar-refractivity contribution in [3.8, 4) is 23.0 Å². The van der Waals surface area contributed by atoms with E-state index in [0.717, 1.165) is 22.7 Å². The van der Waals surface area contributed by atoms with Crippen LogP contribution in [-0.4, -0.2) is 37.2 Å². The van der Waals surface area contributed by atoms with Gasteiger partial charge in [-0.2, -0.15) is 5.10 Å². The van der Waals surface area contributed by atoms with Gasteiger partial charge in [-0.1, -0.05) is 29.8 Å². The standard InChI is InChI=1S/C25H22N6O2/c1-17-3-5-18(6-4-17)15-27-25(32)23-22-16-26-13-14-30(22)24(29-23)21-11-12-28-31(21)19-7-9-20(33-2)10-8-19/h3-14,16H,15H2,1-2H3,(H,27,32). The molecule has 0 fully saturated rings. The predicted molar refractivity (Wildman–Crippen MR) is 124 cm³/mol. The lowest BCUT2D eigenvalue weighted by Gasteiger charge is -2.08. The number of aromatic nitrogens is 5. The molecule has 0 saturated carbocycles. The fourth-order valence-corrected chi connectivity index (χ4v) is 3.66. The van der Waals surface area contributed by atoms with Crippen molar-refractivity contribution in [2.45, 2.75) is 13.5 Å². The molecule has 3 aromatic heterocycles. The molecule has 1 N–H and O–H groups in total. The Hall–Kier alpha value is -4.46. The van der Waals surface area contributed by atoms with E-state index in [0.29, 0.717) is 23.6 Å². The Bertz CT molecular complexity index is 1420. The summed E-state index contributed by atoms with van der Waals surface area (Å²) in [4.78, 5) is 22.0. The molecule has 0 aliphatic rings. The number of ether oxygens (including phenoxy) is 1. The SMILES string of the molecule is COc1ccc(-n2nccc2-c2nc(C(=O)NCc3ccc(C)cc3)c3cnccn23)cc1. The van der Waals surface area contributed by atoms with E-state index in [1.807, 2.05) is 65.9 Å². The van der Waals surface area contributed by atoms with E-state index in [-0.39, 0.29) is 5.91 Å². The summed E-state index contributed by atoms with van der Waals surface area (Å²) in [7, 11) is 1.63. The van der Waals surface area contributed by atoms with Crippen LogP contribution in [0.1, 0.15) is 21.6 Å². The van der Waals surface area contributed by atoms with Gasteiger partial charge in [0.05, 0.1) is 30.7 Å². The van der Waals surface area contributed by atoms with Crippen LogP contribution in [0.4, 0.5) is 0 Å². The van der Waals surface area contributed by atoms with Crippen molar-refractivity contribution >= 4 is 11.4 Å². The number of methoxy groups -OCH3 is 1. The van der Waals surface area contributed by atoms with Crippen molar-refractivity contribution in [1.82, 2.24) is 29.5 Å². The van der Waals surface area contributed by atoms with Crippen LogP contribution in [0, 0.1) is 6.92 Å². The zero-order chi connectivity index (χ0) is 22.8. The minimum atomic E-state index is -0.261. The van der Waals surface area contributed by atoms with Crippen LogP contribution in [0.15, 0.2) is 79.4 Å². The first-order chi connectivity index (χ1) is 16.1. The first-order valence-electron chi connectivity index (χ1n) is 10.5. The zero-order valence-corrected chi connectivity index (χ0v) is 18.3. The van der Waals surface area contributed by atoms with Crippen molar-refractivity contribution in [3.63, 3.8) is 0 Å². The highest BCUT2D eigenvalue weighted by Gasteiger charge is 2.21. The average molecular weight is 438 g/mol. The molecule has 0 spiro atoms. The van der Waals surface area contributed by atoms with Crippen molar-refractivity contribution in [3.05, 3.63) is 96.2 Å².